The lowest BCUT2D eigenvalue weighted by Crippen LogP contribution is -2.30. The summed E-state index contributed by atoms with van der Waals surface area (Å²) in [5.74, 6) is 1.01. The molecule has 0 radical (unpaired) electrons. The lowest BCUT2D eigenvalue weighted by Gasteiger charge is -2.25. The molecule has 0 fully saturated rings. The minimum atomic E-state index is -0.209. The molecule has 0 bridgehead atoms. The number of nitrogens with zero attached hydrogens (tertiary/aromatic N) is 5. The Bertz CT molecular complexity index is 1530. The van der Waals surface area contributed by atoms with Gasteiger partial charge in [-0.2, -0.15) is 0 Å². The van der Waals surface area contributed by atoms with E-state index in [1.54, 1.807) is 51.0 Å². The van der Waals surface area contributed by atoms with Crippen molar-refractivity contribution in [2.45, 2.75) is 0 Å². The van der Waals surface area contributed by atoms with Crippen molar-refractivity contribution in [2.24, 2.45) is 7.05 Å². The molecule has 0 aliphatic rings. The Morgan fingerprint density at radius 3 is 2.46 bits per heavy atom. The number of hydrogen-bond acceptors (Lipinski definition) is 7. The Labute approximate surface area is 214 Å². The van der Waals surface area contributed by atoms with Crippen LogP contribution in [0.2, 0.25) is 0 Å². The summed E-state index contributed by atoms with van der Waals surface area (Å²) < 4.78 is 12.9. The standard InChI is InChI=1S/C28H26N6O3/c1-33-10-8-19(17-33)27-16-30-25-7-6-21(13-26(25)32-27)34(18-28(35)31-20-5-4-9-29-15-20)22-11-23(36-2)14-24(12-22)37-3/h4-17H,18H2,1-3H3,(H,31,35). The van der Waals surface area contributed by atoms with Gasteiger partial charge in [-0.1, -0.05) is 0 Å². The van der Waals surface area contributed by atoms with Crippen molar-refractivity contribution < 1.29 is 14.3 Å². The van der Waals surface area contributed by atoms with Crippen LogP contribution in [0.15, 0.2) is 85.6 Å². The molecule has 9 heteroatoms. The molecule has 0 unspecified atom stereocenters. The number of carbonyl (C=O) groups is 1. The molecule has 5 aromatic rings. The quantitative estimate of drug-likeness (QED) is 0.330. The fourth-order valence-electron chi connectivity index (χ4n) is 4.02. The number of hydrogen-bond donors (Lipinski definition) is 1. The summed E-state index contributed by atoms with van der Waals surface area (Å²) in [7, 11) is 5.15. The molecule has 0 saturated carbocycles. The third-order valence-corrected chi connectivity index (χ3v) is 5.86. The van der Waals surface area contributed by atoms with Crippen molar-refractivity contribution in [1.29, 1.82) is 0 Å². The average molecular weight is 495 g/mol. The monoisotopic (exact) mass is 494 g/mol. The first kappa shape index (κ1) is 23.8. The van der Waals surface area contributed by atoms with Crippen molar-refractivity contribution in [2.75, 3.05) is 31.0 Å². The van der Waals surface area contributed by atoms with Crippen LogP contribution in [0.1, 0.15) is 0 Å². The Hall–Kier alpha value is -4.92. The maximum atomic E-state index is 13.1. The van der Waals surface area contributed by atoms with Crippen LogP contribution < -0.4 is 19.7 Å². The van der Waals surface area contributed by atoms with Gasteiger partial charge in [0.15, 0.2) is 0 Å². The van der Waals surface area contributed by atoms with Crippen molar-refractivity contribution in [1.82, 2.24) is 19.5 Å². The molecule has 0 aliphatic heterocycles. The summed E-state index contributed by atoms with van der Waals surface area (Å²) in [6, 6.07) is 16.8. The zero-order chi connectivity index (χ0) is 25.8. The SMILES string of the molecule is COc1cc(OC)cc(N(CC(=O)Nc2cccnc2)c2ccc3ncc(-c4ccn(C)c4)nc3c2)c1. The summed E-state index contributed by atoms with van der Waals surface area (Å²) in [6.45, 7) is 0.0303. The van der Waals surface area contributed by atoms with Gasteiger partial charge in [0.05, 0.1) is 49.0 Å². The van der Waals surface area contributed by atoms with Crippen LogP contribution in [0.25, 0.3) is 22.3 Å². The van der Waals surface area contributed by atoms with Gasteiger partial charge in [0.2, 0.25) is 5.91 Å². The summed E-state index contributed by atoms with van der Waals surface area (Å²) in [5, 5.41) is 2.90. The number of fused-ring (bicyclic) bond motifs is 1. The second kappa shape index (κ2) is 10.4. The number of methoxy groups -OCH3 is 2. The topological polar surface area (TPSA) is 94.4 Å². The van der Waals surface area contributed by atoms with Gasteiger partial charge >= 0.3 is 0 Å². The lowest BCUT2D eigenvalue weighted by atomic mass is 10.2. The fourth-order valence-corrected chi connectivity index (χ4v) is 4.02. The highest BCUT2D eigenvalue weighted by atomic mass is 16.5. The van der Waals surface area contributed by atoms with Gasteiger partial charge in [0.1, 0.15) is 18.0 Å². The number of anilines is 3. The second-order valence-corrected chi connectivity index (χ2v) is 8.44. The van der Waals surface area contributed by atoms with Crippen LogP contribution in [0.4, 0.5) is 17.1 Å². The van der Waals surface area contributed by atoms with Crippen molar-refractivity contribution in [3.63, 3.8) is 0 Å². The van der Waals surface area contributed by atoms with Crippen molar-refractivity contribution in [3.8, 4) is 22.8 Å². The van der Waals surface area contributed by atoms with Crippen LogP contribution in [-0.4, -0.2) is 46.2 Å². The van der Waals surface area contributed by atoms with Crippen LogP contribution in [0.3, 0.4) is 0 Å². The Balaban J connectivity index is 1.56. The van der Waals surface area contributed by atoms with Crippen LogP contribution in [0.5, 0.6) is 11.5 Å². The van der Waals surface area contributed by atoms with Gasteiger partial charge in [-0.15, -0.1) is 0 Å². The Morgan fingerprint density at radius 2 is 1.78 bits per heavy atom. The van der Waals surface area contributed by atoms with Crippen LogP contribution in [0, 0.1) is 0 Å². The van der Waals surface area contributed by atoms with Gasteiger partial charge in [0.25, 0.3) is 0 Å². The summed E-state index contributed by atoms with van der Waals surface area (Å²) in [4.78, 5) is 28.5. The van der Waals surface area contributed by atoms with E-state index in [2.05, 4.69) is 15.3 Å². The largest absolute Gasteiger partial charge is 0.497 e. The molecule has 0 atom stereocenters. The minimum Gasteiger partial charge on any atom is -0.497 e. The van der Waals surface area contributed by atoms with Crippen LogP contribution in [-0.2, 0) is 11.8 Å². The van der Waals surface area contributed by atoms with E-state index in [1.807, 2.05) is 65.3 Å². The Morgan fingerprint density at radius 1 is 0.973 bits per heavy atom. The number of rotatable bonds is 8. The van der Waals surface area contributed by atoms with E-state index >= 15 is 0 Å². The number of carbonyl (C=O) groups excluding carboxylic acids is 1. The maximum absolute atomic E-state index is 13.1. The first-order valence-electron chi connectivity index (χ1n) is 11.6. The molecule has 186 valence electrons. The minimum absolute atomic E-state index is 0.0303. The number of aromatic nitrogens is 4. The van der Waals surface area contributed by atoms with Gasteiger partial charge < -0.3 is 24.3 Å². The zero-order valence-electron chi connectivity index (χ0n) is 20.8. The van der Waals surface area contributed by atoms with E-state index in [1.165, 1.54) is 0 Å². The smallest absolute Gasteiger partial charge is 0.244 e. The van der Waals surface area contributed by atoms with Crippen LogP contribution >= 0.6 is 0 Å². The second-order valence-electron chi connectivity index (χ2n) is 8.44. The van der Waals surface area contributed by atoms with E-state index in [-0.39, 0.29) is 12.5 Å². The predicted octanol–water partition coefficient (Wildman–Crippen LogP) is 4.82. The average Bonchev–Trinajstić information content (AvgIpc) is 3.37. The molecule has 0 spiro atoms. The lowest BCUT2D eigenvalue weighted by molar-refractivity contribution is -0.114. The number of nitrogens with one attached hydrogen (secondary N) is 1. The number of amides is 1. The third kappa shape index (κ3) is 5.35. The van der Waals surface area contributed by atoms with Crippen molar-refractivity contribution >= 4 is 34.0 Å². The highest BCUT2D eigenvalue weighted by Gasteiger charge is 2.18. The first-order valence-corrected chi connectivity index (χ1v) is 11.6. The molecule has 1 N–H and O–H groups in total. The number of benzene rings is 2. The molecule has 3 heterocycles. The molecule has 2 aromatic carbocycles. The highest BCUT2D eigenvalue weighted by Crippen LogP contribution is 2.34. The molecule has 1 amide bonds. The molecule has 37 heavy (non-hydrogen) atoms. The van der Waals surface area contributed by atoms with E-state index in [0.717, 1.165) is 28.1 Å². The van der Waals surface area contributed by atoms with Gasteiger partial charge in [-0.05, 0) is 36.4 Å². The normalized spacial score (nSPS) is 10.8. The van der Waals surface area contributed by atoms with E-state index in [0.29, 0.717) is 22.7 Å². The van der Waals surface area contributed by atoms with E-state index in [4.69, 9.17) is 14.5 Å². The zero-order valence-corrected chi connectivity index (χ0v) is 20.8. The van der Waals surface area contributed by atoms with Gasteiger partial charge in [0, 0.05) is 60.8 Å². The molecular formula is C28H26N6O3. The molecule has 5 rings (SSSR count). The van der Waals surface area contributed by atoms with E-state index < -0.39 is 0 Å². The van der Waals surface area contributed by atoms with Crippen molar-refractivity contribution in [3.05, 3.63) is 85.6 Å². The predicted molar refractivity (Wildman–Crippen MR) is 143 cm³/mol. The van der Waals surface area contributed by atoms with E-state index in [9.17, 15) is 4.79 Å². The number of ether oxygens (including phenoxy) is 2. The molecule has 9 nitrogen and oxygen atoms in total. The number of aryl methyl sites for hydroxylation is 1. The number of pyridine rings is 1. The molecular weight excluding hydrogens is 468 g/mol. The fraction of sp³-hybridized carbons (Fsp3) is 0.143. The molecule has 0 saturated heterocycles. The van der Waals surface area contributed by atoms with Gasteiger partial charge in [-0.3, -0.25) is 14.8 Å². The first-order chi connectivity index (χ1) is 18.0. The summed E-state index contributed by atoms with van der Waals surface area (Å²) in [5.41, 5.74) is 5.33. The summed E-state index contributed by atoms with van der Waals surface area (Å²) in [6.07, 6.45) is 8.99. The molecule has 0 aliphatic carbocycles. The highest BCUT2D eigenvalue weighted by molar-refractivity contribution is 5.96. The summed E-state index contributed by atoms with van der Waals surface area (Å²) >= 11 is 0. The third-order valence-electron chi connectivity index (χ3n) is 5.86. The molecule has 3 aromatic heterocycles. The maximum Gasteiger partial charge on any atom is 0.244 e. The Kier molecular flexibility index (Phi) is 6.67. The van der Waals surface area contributed by atoms with Gasteiger partial charge in [-0.25, -0.2) is 4.98 Å².